The molecule has 0 spiro atoms. The molecule has 1 atom stereocenters. The molecule has 0 radical (unpaired) electrons. The summed E-state index contributed by atoms with van der Waals surface area (Å²) >= 11 is 0. The van der Waals surface area contributed by atoms with Crippen LogP contribution in [0.1, 0.15) is 56.6 Å². The first-order valence-electron chi connectivity index (χ1n) is 12.0. The highest BCUT2D eigenvalue weighted by Crippen LogP contribution is 2.43. The van der Waals surface area contributed by atoms with E-state index in [1.807, 2.05) is 0 Å². The van der Waals surface area contributed by atoms with Gasteiger partial charge in [0.05, 0.1) is 24.2 Å². The van der Waals surface area contributed by atoms with Crippen LogP contribution in [0.5, 0.6) is 11.5 Å². The van der Waals surface area contributed by atoms with Crippen molar-refractivity contribution in [2.75, 3.05) is 26.1 Å². The summed E-state index contributed by atoms with van der Waals surface area (Å²) in [5.74, 6) is -3.09. The van der Waals surface area contributed by atoms with Crippen molar-refractivity contribution in [2.45, 2.75) is 63.7 Å². The number of halogens is 3. The van der Waals surface area contributed by atoms with Gasteiger partial charge in [0.15, 0.2) is 11.5 Å². The zero-order valence-corrected chi connectivity index (χ0v) is 21.8. The van der Waals surface area contributed by atoms with Crippen LogP contribution in [-0.4, -0.2) is 47.1 Å². The monoisotopic (exact) mass is 519 g/mol. The Kier molecular flexibility index (Phi) is 7.02. The Balaban J connectivity index is 1.70. The van der Waals surface area contributed by atoms with Gasteiger partial charge in [0.1, 0.15) is 35.3 Å². The topological polar surface area (TPSA) is 85.7 Å². The Morgan fingerprint density at radius 1 is 1.14 bits per heavy atom. The van der Waals surface area contributed by atoms with E-state index >= 15 is 4.39 Å². The number of fused-ring (bicyclic) bond motifs is 1. The van der Waals surface area contributed by atoms with E-state index in [-0.39, 0.29) is 11.2 Å². The van der Waals surface area contributed by atoms with Gasteiger partial charge in [-0.25, -0.2) is 14.4 Å². The molecular weight excluding hydrogens is 487 g/mol. The number of alkyl halides is 2. The fourth-order valence-electron chi connectivity index (χ4n) is 4.13. The van der Waals surface area contributed by atoms with Crippen molar-refractivity contribution in [3.8, 4) is 11.5 Å². The highest BCUT2D eigenvalue weighted by atomic mass is 19.3. The minimum absolute atomic E-state index is 0.00611. The van der Waals surface area contributed by atoms with Crippen molar-refractivity contribution in [3.63, 3.8) is 0 Å². The average molecular weight is 520 g/mol. The molecule has 0 bridgehead atoms. The lowest BCUT2D eigenvalue weighted by atomic mass is 9.91. The summed E-state index contributed by atoms with van der Waals surface area (Å²) in [5.41, 5.74) is -3.04. The molecule has 0 amide bonds. The van der Waals surface area contributed by atoms with Crippen LogP contribution in [0.25, 0.3) is 10.9 Å². The van der Waals surface area contributed by atoms with E-state index in [4.69, 9.17) is 14.2 Å². The Labute approximate surface area is 214 Å². The van der Waals surface area contributed by atoms with Gasteiger partial charge in [-0.1, -0.05) is 12.1 Å². The highest BCUT2D eigenvalue weighted by molar-refractivity contribution is 5.92. The van der Waals surface area contributed by atoms with Crippen LogP contribution in [0.15, 0.2) is 30.3 Å². The van der Waals surface area contributed by atoms with Crippen molar-refractivity contribution in [2.24, 2.45) is 0 Å². The van der Waals surface area contributed by atoms with E-state index in [2.05, 4.69) is 15.3 Å². The van der Waals surface area contributed by atoms with Crippen LogP contribution in [0, 0.1) is 12.7 Å². The summed E-state index contributed by atoms with van der Waals surface area (Å²) in [6, 6.07) is 6.47. The molecule has 1 heterocycles. The number of aliphatic hydroxyl groups is 1. The van der Waals surface area contributed by atoms with Crippen LogP contribution < -0.4 is 14.8 Å². The van der Waals surface area contributed by atoms with Gasteiger partial charge in [-0.3, -0.25) is 0 Å². The van der Waals surface area contributed by atoms with Gasteiger partial charge in [0, 0.05) is 24.1 Å². The van der Waals surface area contributed by atoms with Gasteiger partial charge in [-0.05, 0) is 52.7 Å². The molecule has 1 saturated carbocycles. The van der Waals surface area contributed by atoms with Crippen molar-refractivity contribution in [1.29, 1.82) is 0 Å². The van der Waals surface area contributed by atoms with E-state index in [9.17, 15) is 13.9 Å². The number of rotatable bonds is 10. The first kappa shape index (κ1) is 26.9. The third kappa shape index (κ3) is 5.17. The number of benzene rings is 2. The van der Waals surface area contributed by atoms with E-state index in [1.54, 1.807) is 33.1 Å². The molecule has 1 aromatic heterocycles. The van der Waals surface area contributed by atoms with Crippen LogP contribution in [0.2, 0.25) is 0 Å². The number of aromatic nitrogens is 2. The van der Waals surface area contributed by atoms with Gasteiger partial charge >= 0.3 is 5.92 Å². The third-order valence-corrected chi connectivity index (χ3v) is 6.78. The number of nitrogens with one attached hydrogen (secondary N) is 1. The first-order valence-corrected chi connectivity index (χ1v) is 12.0. The van der Waals surface area contributed by atoms with Gasteiger partial charge in [0.25, 0.3) is 0 Å². The molecule has 0 aliphatic heterocycles. The maximum absolute atomic E-state index is 15.3. The van der Waals surface area contributed by atoms with E-state index in [1.165, 1.54) is 19.2 Å². The SMILES string of the molecule is COc1cc2nc(C)nc(N[C@H](C)c3cccc(C(F)(F)C(C)(C)O)c3F)c2cc1OCC1(OC)CC1. The minimum atomic E-state index is -3.80. The molecule has 37 heavy (non-hydrogen) atoms. The maximum atomic E-state index is 15.3. The summed E-state index contributed by atoms with van der Waals surface area (Å²) in [5, 5.41) is 13.7. The van der Waals surface area contributed by atoms with Gasteiger partial charge < -0.3 is 24.6 Å². The van der Waals surface area contributed by atoms with Crippen molar-refractivity contribution in [3.05, 3.63) is 53.1 Å². The average Bonchev–Trinajstić information content (AvgIpc) is 3.62. The minimum Gasteiger partial charge on any atom is -0.493 e. The molecule has 4 rings (SSSR count). The van der Waals surface area contributed by atoms with Crippen molar-refractivity contribution >= 4 is 16.7 Å². The van der Waals surface area contributed by atoms with E-state index in [0.717, 1.165) is 32.8 Å². The molecule has 3 aromatic rings. The second-order valence-electron chi connectivity index (χ2n) is 10.0. The lowest BCUT2D eigenvalue weighted by Gasteiger charge is -2.30. The molecule has 10 heteroatoms. The molecule has 2 aromatic carbocycles. The third-order valence-electron chi connectivity index (χ3n) is 6.78. The Morgan fingerprint density at radius 2 is 1.84 bits per heavy atom. The summed E-state index contributed by atoms with van der Waals surface area (Å²) in [7, 11) is 3.19. The number of aryl methyl sites for hydroxylation is 1. The van der Waals surface area contributed by atoms with Gasteiger partial charge in [0.2, 0.25) is 0 Å². The second kappa shape index (κ2) is 9.64. The molecular formula is C27H32F3N3O4. The molecule has 200 valence electrons. The first-order chi connectivity index (χ1) is 17.3. The van der Waals surface area contributed by atoms with E-state index < -0.39 is 28.9 Å². The predicted octanol–water partition coefficient (Wildman–Crippen LogP) is 5.68. The van der Waals surface area contributed by atoms with Crippen molar-refractivity contribution < 1.29 is 32.5 Å². The smallest absolute Gasteiger partial charge is 0.303 e. The number of hydrogen-bond donors (Lipinski definition) is 2. The number of nitrogens with zero attached hydrogens (tertiary/aromatic N) is 2. The predicted molar refractivity (Wildman–Crippen MR) is 134 cm³/mol. The summed E-state index contributed by atoms with van der Waals surface area (Å²) in [6.07, 6.45) is 1.81. The number of methoxy groups -OCH3 is 2. The Morgan fingerprint density at radius 3 is 2.43 bits per heavy atom. The zero-order valence-electron chi connectivity index (χ0n) is 21.8. The Bertz CT molecular complexity index is 1310. The highest BCUT2D eigenvalue weighted by Gasteiger charge is 2.49. The zero-order chi connectivity index (χ0) is 27.2. The van der Waals surface area contributed by atoms with Crippen LogP contribution in [-0.2, 0) is 10.7 Å². The van der Waals surface area contributed by atoms with Crippen LogP contribution in [0.3, 0.4) is 0 Å². The fraction of sp³-hybridized carbons (Fsp3) is 0.481. The molecule has 0 saturated heterocycles. The van der Waals surface area contributed by atoms with Crippen LogP contribution in [0.4, 0.5) is 19.0 Å². The summed E-state index contributed by atoms with van der Waals surface area (Å²) in [6.45, 7) is 5.60. The normalized spacial score (nSPS) is 15.9. The fourth-order valence-corrected chi connectivity index (χ4v) is 4.13. The quantitative estimate of drug-likeness (QED) is 0.357. The van der Waals surface area contributed by atoms with Crippen LogP contribution >= 0.6 is 0 Å². The number of ether oxygens (including phenoxy) is 3. The van der Waals surface area contributed by atoms with Gasteiger partial charge in [-0.15, -0.1) is 0 Å². The standard InChI is InChI=1S/C27H32F3N3O4/c1-15(17-8-7-9-19(23(17)28)27(29,30)25(3,4)34)31-24-18-12-22(37-14-26(36-6)10-11-26)21(35-5)13-20(18)32-16(2)33-24/h7-9,12-13,15,34H,10-11,14H2,1-6H3,(H,31,32,33)/t15-/m1/s1. The molecule has 0 unspecified atom stereocenters. The lowest BCUT2D eigenvalue weighted by molar-refractivity contribution is -0.170. The number of hydrogen-bond acceptors (Lipinski definition) is 7. The second-order valence-corrected chi connectivity index (χ2v) is 10.0. The molecule has 1 fully saturated rings. The number of anilines is 1. The molecule has 1 aliphatic rings. The summed E-state index contributed by atoms with van der Waals surface area (Å²) < 4.78 is 62.0. The molecule has 7 nitrogen and oxygen atoms in total. The molecule has 2 N–H and O–H groups in total. The maximum Gasteiger partial charge on any atom is 0.303 e. The van der Waals surface area contributed by atoms with Crippen molar-refractivity contribution in [1.82, 2.24) is 9.97 Å². The lowest BCUT2D eigenvalue weighted by Crippen LogP contribution is -2.41. The molecule has 1 aliphatic carbocycles. The Hall–Kier alpha value is -3.11. The van der Waals surface area contributed by atoms with E-state index in [0.29, 0.717) is 40.7 Å². The largest absolute Gasteiger partial charge is 0.493 e. The van der Waals surface area contributed by atoms with Gasteiger partial charge in [-0.2, -0.15) is 8.78 Å². The summed E-state index contributed by atoms with van der Waals surface area (Å²) in [4.78, 5) is 8.97.